The smallest absolute Gasteiger partial charge is 0.123 e. The molecule has 16 heavy (non-hydrogen) atoms. The van der Waals surface area contributed by atoms with Crippen LogP contribution in [0.3, 0.4) is 0 Å². The predicted molar refractivity (Wildman–Crippen MR) is 65.2 cm³/mol. The van der Waals surface area contributed by atoms with E-state index in [2.05, 4.69) is 0 Å². The van der Waals surface area contributed by atoms with Gasteiger partial charge in [-0.3, -0.25) is 0 Å². The Hall–Kier alpha value is -0.970. The second-order valence-electron chi connectivity index (χ2n) is 3.60. The molecule has 1 heterocycles. The van der Waals surface area contributed by atoms with Crippen LogP contribution in [0.15, 0.2) is 24.3 Å². The van der Waals surface area contributed by atoms with Crippen molar-refractivity contribution < 1.29 is 9.13 Å². The molecule has 4 heteroatoms. The van der Waals surface area contributed by atoms with Gasteiger partial charge < -0.3 is 10.5 Å². The van der Waals surface area contributed by atoms with Crippen LogP contribution in [0, 0.1) is 5.82 Å². The molecule has 2 N–H and O–H groups in total. The third kappa shape index (κ3) is 2.40. The van der Waals surface area contributed by atoms with E-state index in [0.717, 1.165) is 15.0 Å². The van der Waals surface area contributed by atoms with Crippen LogP contribution >= 0.6 is 11.3 Å². The van der Waals surface area contributed by atoms with Crippen molar-refractivity contribution in [3.8, 4) is 0 Å². The number of hydrogen-bond donors (Lipinski definition) is 1. The first-order valence-corrected chi connectivity index (χ1v) is 6.04. The number of nitrogens with two attached hydrogens (primary N) is 1. The minimum atomic E-state index is -0.213. The minimum Gasteiger partial charge on any atom is -0.380 e. The molecule has 86 valence electrons. The molecule has 0 aliphatic heterocycles. The van der Waals surface area contributed by atoms with Gasteiger partial charge in [-0.25, -0.2) is 4.39 Å². The van der Waals surface area contributed by atoms with Gasteiger partial charge in [0.15, 0.2) is 0 Å². The summed E-state index contributed by atoms with van der Waals surface area (Å²) in [5, 5.41) is 0.909. The van der Waals surface area contributed by atoms with Gasteiger partial charge in [-0.1, -0.05) is 0 Å². The average molecular weight is 239 g/mol. The lowest BCUT2D eigenvalue weighted by Gasteiger charge is -2.08. The molecule has 0 radical (unpaired) electrons. The van der Waals surface area contributed by atoms with Crippen molar-refractivity contribution in [1.29, 1.82) is 0 Å². The molecular weight excluding hydrogens is 225 g/mol. The first-order valence-electron chi connectivity index (χ1n) is 5.23. The van der Waals surface area contributed by atoms with Crippen LogP contribution in [-0.2, 0) is 4.74 Å². The molecular formula is C12H14FNOS. The molecule has 2 nitrogen and oxygen atoms in total. The Kier molecular flexibility index (Phi) is 3.53. The van der Waals surface area contributed by atoms with E-state index in [0.29, 0.717) is 13.2 Å². The Morgan fingerprint density at radius 1 is 1.44 bits per heavy atom. The summed E-state index contributed by atoms with van der Waals surface area (Å²) in [6.07, 6.45) is 0. The summed E-state index contributed by atoms with van der Waals surface area (Å²) in [4.78, 5) is 1.04. The van der Waals surface area contributed by atoms with Crippen molar-refractivity contribution in [3.63, 3.8) is 0 Å². The summed E-state index contributed by atoms with van der Waals surface area (Å²) < 4.78 is 19.3. The Morgan fingerprint density at radius 3 is 3.00 bits per heavy atom. The van der Waals surface area contributed by atoms with E-state index in [1.807, 2.05) is 13.0 Å². The third-order valence-corrected chi connectivity index (χ3v) is 3.61. The van der Waals surface area contributed by atoms with Crippen molar-refractivity contribution in [2.24, 2.45) is 5.73 Å². The minimum absolute atomic E-state index is 0.125. The summed E-state index contributed by atoms with van der Waals surface area (Å²) in [6, 6.07) is 6.60. The molecule has 2 rings (SSSR count). The van der Waals surface area contributed by atoms with Crippen LogP contribution in [0.25, 0.3) is 10.1 Å². The zero-order valence-corrected chi connectivity index (χ0v) is 9.89. The van der Waals surface area contributed by atoms with Gasteiger partial charge in [-0.15, -0.1) is 11.3 Å². The normalized spacial score (nSPS) is 13.2. The average Bonchev–Trinajstić information content (AvgIpc) is 2.68. The number of rotatable bonds is 4. The molecule has 1 aromatic carbocycles. The molecule has 0 fully saturated rings. The second-order valence-corrected chi connectivity index (χ2v) is 4.71. The van der Waals surface area contributed by atoms with Gasteiger partial charge in [0.25, 0.3) is 0 Å². The van der Waals surface area contributed by atoms with Crippen molar-refractivity contribution in [2.75, 3.05) is 13.2 Å². The molecule has 0 bridgehead atoms. The largest absolute Gasteiger partial charge is 0.380 e. The van der Waals surface area contributed by atoms with E-state index in [1.165, 1.54) is 12.1 Å². The first-order chi connectivity index (χ1) is 7.70. The van der Waals surface area contributed by atoms with Gasteiger partial charge in [-0.2, -0.15) is 0 Å². The number of thiophene rings is 1. The van der Waals surface area contributed by atoms with Crippen LogP contribution in [0.2, 0.25) is 0 Å². The molecule has 1 atom stereocenters. The van der Waals surface area contributed by atoms with E-state index in [1.54, 1.807) is 17.4 Å². The summed E-state index contributed by atoms with van der Waals surface area (Å²) in [5.41, 5.74) is 5.97. The van der Waals surface area contributed by atoms with Crippen LogP contribution < -0.4 is 5.73 Å². The Morgan fingerprint density at radius 2 is 2.25 bits per heavy atom. The lowest BCUT2D eigenvalue weighted by atomic mass is 10.2. The number of fused-ring (bicyclic) bond motifs is 1. The van der Waals surface area contributed by atoms with Gasteiger partial charge in [0.05, 0.1) is 12.6 Å². The molecule has 1 unspecified atom stereocenters. The molecule has 0 saturated heterocycles. The number of ether oxygens (including phenoxy) is 1. The lowest BCUT2D eigenvalue weighted by Crippen LogP contribution is -2.15. The standard InChI is InChI=1S/C12H14FNOS/c1-2-15-7-10(14)12-6-8-5-9(13)3-4-11(8)16-12/h3-6,10H,2,7,14H2,1H3. The van der Waals surface area contributed by atoms with Crippen LogP contribution in [0.1, 0.15) is 17.8 Å². The fraction of sp³-hybridized carbons (Fsp3) is 0.333. The Bertz CT molecular complexity index is 483. The van der Waals surface area contributed by atoms with Crippen LogP contribution in [0.5, 0.6) is 0 Å². The monoisotopic (exact) mass is 239 g/mol. The molecule has 1 aromatic heterocycles. The van der Waals surface area contributed by atoms with E-state index in [9.17, 15) is 4.39 Å². The molecule has 0 amide bonds. The van der Waals surface area contributed by atoms with Gasteiger partial charge in [0, 0.05) is 16.2 Å². The topological polar surface area (TPSA) is 35.2 Å². The van der Waals surface area contributed by atoms with Gasteiger partial charge in [0.1, 0.15) is 5.82 Å². The lowest BCUT2D eigenvalue weighted by molar-refractivity contribution is 0.134. The third-order valence-electron chi connectivity index (χ3n) is 2.36. The fourth-order valence-electron chi connectivity index (χ4n) is 1.54. The summed E-state index contributed by atoms with van der Waals surface area (Å²) >= 11 is 1.59. The number of hydrogen-bond acceptors (Lipinski definition) is 3. The molecule has 2 aromatic rings. The zero-order valence-electron chi connectivity index (χ0n) is 9.07. The second kappa shape index (κ2) is 4.91. The van der Waals surface area contributed by atoms with E-state index >= 15 is 0 Å². The summed E-state index contributed by atoms with van der Waals surface area (Å²) in [6.45, 7) is 3.10. The zero-order chi connectivity index (χ0) is 11.5. The number of halogens is 1. The van der Waals surface area contributed by atoms with Crippen molar-refractivity contribution in [2.45, 2.75) is 13.0 Å². The van der Waals surface area contributed by atoms with Crippen molar-refractivity contribution in [1.82, 2.24) is 0 Å². The molecule has 0 aliphatic rings. The van der Waals surface area contributed by atoms with E-state index in [4.69, 9.17) is 10.5 Å². The summed E-state index contributed by atoms with van der Waals surface area (Å²) in [7, 11) is 0. The Labute approximate surface area is 97.8 Å². The van der Waals surface area contributed by atoms with E-state index < -0.39 is 0 Å². The maximum atomic E-state index is 13.0. The van der Waals surface area contributed by atoms with Crippen LogP contribution in [0.4, 0.5) is 4.39 Å². The van der Waals surface area contributed by atoms with Crippen molar-refractivity contribution >= 4 is 21.4 Å². The maximum absolute atomic E-state index is 13.0. The molecule has 0 aliphatic carbocycles. The molecule has 0 spiro atoms. The van der Waals surface area contributed by atoms with Gasteiger partial charge in [-0.05, 0) is 36.6 Å². The molecule has 0 saturated carbocycles. The summed E-state index contributed by atoms with van der Waals surface area (Å²) in [5.74, 6) is -0.213. The Balaban J connectivity index is 2.25. The van der Waals surface area contributed by atoms with E-state index in [-0.39, 0.29) is 11.9 Å². The predicted octanol–water partition coefficient (Wildman–Crippen LogP) is 3.08. The van der Waals surface area contributed by atoms with Gasteiger partial charge in [0.2, 0.25) is 0 Å². The quantitative estimate of drug-likeness (QED) is 0.890. The van der Waals surface area contributed by atoms with Gasteiger partial charge >= 0.3 is 0 Å². The first kappa shape index (κ1) is 11.5. The highest BCUT2D eigenvalue weighted by Gasteiger charge is 2.10. The van der Waals surface area contributed by atoms with Crippen molar-refractivity contribution in [3.05, 3.63) is 35.0 Å². The van der Waals surface area contributed by atoms with Crippen LogP contribution in [-0.4, -0.2) is 13.2 Å². The number of benzene rings is 1. The SMILES string of the molecule is CCOCC(N)c1cc2cc(F)ccc2s1. The maximum Gasteiger partial charge on any atom is 0.123 e. The highest BCUT2D eigenvalue weighted by molar-refractivity contribution is 7.19. The fourth-order valence-corrected chi connectivity index (χ4v) is 2.58. The highest BCUT2D eigenvalue weighted by atomic mass is 32.1. The highest BCUT2D eigenvalue weighted by Crippen LogP contribution is 2.29.